The number of carbonyl (C=O) groups excluding carboxylic acids is 2. The summed E-state index contributed by atoms with van der Waals surface area (Å²) in [5.41, 5.74) is 2.68. The first kappa shape index (κ1) is 27.5. The third-order valence-electron chi connectivity index (χ3n) is 6.74. The first-order chi connectivity index (χ1) is 20.0. The second-order valence-electron chi connectivity index (χ2n) is 9.27. The molecule has 1 aliphatic rings. The SMILES string of the molecule is CCOC(=O)C1=C(NC(=O)/C=C/c2ccc(OCC)c(OC)c2)Oc2ccc3ccccc3c2C1c1ccccc1. The standard InChI is InChI=1S/C34H31NO6/c1-4-39-26-18-15-22(21-28(26)38-3)16-20-29(36)35-33-32(34(37)40-5-2)30(24-12-7-6-8-13-24)31-25-14-10-9-11-23(25)17-19-27(31)41-33/h6-21,30H,4-5H2,1-3H3,(H,35,36)/b20-16+. The van der Waals surface area contributed by atoms with E-state index in [0.717, 1.165) is 27.5 Å². The zero-order valence-electron chi connectivity index (χ0n) is 23.2. The maximum absolute atomic E-state index is 13.5. The Morgan fingerprint density at radius 3 is 2.44 bits per heavy atom. The largest absolute Gasteiger partial charge is 0.493 e. The van der Waals surface area contributed by atoms with Gasteiger partial charge in [0.15, 0.2) is 11.5 Å². The van der Waals surface area contributed by atoms with Gasteiger partial charge < -0.3 is 18.9 Å². The van der Waals surface area contributed by atoms with Crippen molar-refractivity contribution >= 4 is 28.7 Å². The Labute approximate surface area is 239 Å². The minimum atomic E-state index is -0.560. The Hall–Kier alpha value is -5.04. The van der Waals surface area contributed by atoms with Gasteiger partial charge in [0.05, 0.1) is 26.2 Å². The van der Waals surface area contributed by atoms with Crippen molar-refractivity contribution in [3.63, 3.8) is 0 Å². The molecule has 1 unspecified atom stereocenters. The summed E-state index contributed by atoms with van der Waals surface area (Å²) in [5.74, 6) is 0.225. The van der Waals surface area contributed by atoms with Crippen LogP contribution in [0.5, 0.6) is 17.2 Å². The van der Waals surface area contributed by atoms with Crippen LogP contribution in [-0.2, 0) is 14.3 Å². The summed E-state index contributed by atoms with van der Waals surface area (Å²) < 4.78 is 22.7. The number of methoxy groups -OCH3 is 1. The van der Waals surface area contributed by atoms with Gasteiger partial charge in [0.25, 0.3) is 5.91 Å². The minimum Gasteiger partial charge on any atom is -0.493 e. The van der Waals surface area contributed by atoms with E-state index in [1.54, 1.807) is 32.2 Å². The molecule has 0 aromatic heterocycles. The van der Waals surface area contributed by atoms with Crippen molar-refractivity contribution in [2.45, 2.75) is 19.8 Å². The second kappa shape index (κ2) is 12.4. The molecule has 4 aromatic rings. The number of nitrogens with one attached hydrogen (secondary N) is 1. The van der Waals surface area contributed by atoms with Crippen LogP contribution in [0.3, 0.4) is 0 Å². The fraction of sp³-hybridized carbons (Fsp3) is 0.176. The number of ether oxygens (including phenoxy) is 4. The molecule has 0 bridgehead atoms. The number of hydrogen-bond acceptors (Lipinski definition) is 6. The Bertz CT molecular complexity index is 1640. The van der Waals surface area contributed by atoms with Gasteiger partial charge in [-0.15, -0.1) is 0 Å². The van der Waals surface area contributed by atoms with Crippen LogP contribution in [0.15, 0.2) is 102 Å². The zero-order chi connectivity index (χ0) is 28.8. The van der Waals surface area contributed by atoms with Crippen molar-refractivity contribution in [3.05, 3.63) is 119 Å². The van der Waals surface area contributed by atoms with Crippen molar-refractivity contribution in [1.82, 2.24) is 5.32 Å². The van der Waals surface area contributed by atoms with Crippen molar-refractivity contribution in [1.29, 1.82) is 0 Å². The lowest BCUT2D eigenvalue weighted by molar-refractivity contribution is -0.139. The van der Waals surface area contributed by atoms with Gasteiger partial charge in [-0.2, -0.15) is 0 Å². The molecule has 1 amide bonds. The number of benzene rings is 4. The molecule has 1 aliphatic heterocycles. The highest BCUT2D eigenvalue weighted by Gasteiger charge is 2.38. The Morgan fingerprint density at radius 1 is 0.902 bits per heavy atom. The predicted octanol–water partition coefficient (Wildman–Crippen LogP) is 6.38. The smallest absolute Gasteiger partial charge is 0.340 e. The molecular formula is C34H31NO6. The third-order valence-corrected chi connectivity index (χ3v) is 6.74. The maximum Gasteiger partial charge on any atom is 0.340 e. The van der Waals surface area contributed by atoms with Gasteiger partial charge in [0.1, 0.15) is 11.3 Å². The fourth-order valence-corrected chi connectivity index (χ4v) is 4.98. The number of carbonyl (C=O) groups is 2. The van der Waals surface area contributed by atoms with Crippen LogP contribution < -0.4 is 19.5 Å². The molecule has 0 spiro atoms. The van der Waals surface area contributed by atoms with Crippen LogP contribution >= 0.6 is 0 Å². The van der Waals surface area contributed by atoms with E-state index in [2.05, 4.69) is 5.32 Å². The maximum atomic E-state index is 13.5. The third kappa shape index (κ3) is 5.79. The van der Waals surface area contributed by atoms with Crippen LogP contribution in [0.2, 0.25) is 0 Å². The second-order valence-corrected chi connectivity index (χ2v) is 9.27. The van der Waals surface area contributed by atoms with Gasteiger partial charge in [-0.1, -0.05) is 66.7 Å². The number of rotatable bonds is 9. The Morgan fingerprint density at radius 2 is 1.68 bits per heavy atom. The van der Waals surface area contributed by atoms with E-state index in [4.69, 9.17) is 18.9 Å². The molecule has 0 aliphatic carbocycles. The summed E-state index contributed by atoms with van der Waals surface area (Å²) >= 11 is 0. The van der Waals surface area contributed by atoms with E-state index in [0.29, 0.717) is 23.9 Å². The highest BCUT2D eigenvalue weighted by atomic mass is 16.5. The van der Waals surface area contributed by atoms with Crippen molar-refractivity contribution in [2.24, 2.45) is 0 Å². The topological polar surface area (TPSA) is 83.1 Å². The average molecular weight is 550 g/mol. The Kier molecular flexibility index (Phi) is 8.34. The number of fused-ring (bicyclic) bond motifs is 3. The number of hydrogen-bond donors (Lipinski definition) is 1. The van der Waals surface area contributed by atoms with E-state index < -0.39 is 17.8 Å². The van der Waals surface area contributed by atoms with Crippen molar-refractivity contribution in [3.8, 4) is 17.2 Å². The van der Waals surface area contributed by atoms with E-state index in [9.17, 15) is 9.59 Å². The number of amides is 1. The van der Waals surface area contributed by atoms with E-state index in [1.165, 1.54) is 6.08 Å². The van der Waals surface area contributed by atoms with Gasteiger partial charge in [-0.05, 0) is 60.0 Å². The lowest BCUT2D eigenvalue weighted by Gasteiger charge is -2.31. The fourth-order valence-electron chi connectivity index (χ4n) is 4.98. The van der Waals surface area contributed by atoms with Crippen LogP contribution in [0.4, 0.5) is 0 Å². The van der Waals surface area contributed by atoms with Gasteiger partial charge in [-0.3, -0.25) is 10.1 Å². The molecule has 41 heavy (non-hydrogen) atoms. The monoisotopic (exact) mass is 549 g/mol. The lowest BCUT2D eigenvalue weighted by Crippen LogP contribution is -2.33. The minimum absolute atomic E-state index is 0.0407. The average Bonchev–Trinajstić information content (AvgIpc) is 3.00. The molecule has 208 valence electrons. The molecule has 4 aromatic carbocycles. The van der Waals surface area contributed by atoms with E-state index in [-0.39, 0.29) is 18.1 Å². The van der Waals surface area contributed by atoms with Crippen LogP contribution in [0.1, 0.15) is 36.5 Å². The summed E-state index contributed by atoms with van der Waals surface area (Å²) in [6, 6.07) is 26.8. The molecule has 0 saturated heterocycles. The highest BCUT2D eigenvalue weighted by molar-refractivity contribution is 5.99. The summed E-state index contributed by atoms with van der Waals surface area (Å²) in [4.78, 5) is 26.7. The van der Waals surface area contributed by atoms with Crippen LogP contribution in [0.25, 0.3) is 16.8 Å². The molecule has 1 atom stereocenters. The molecule has 1 N–H and O–H groups in total. The van der Waals surface area contributed by atoms with E-state index >= 15 is 0 Å². The molecule has 0 fully saturated rings. The van der Waals surface area contributed by atoms with E-state index in [1.807, 2.05) is 79.7 Å². The van der Waals surface area contributed by atoms with Crippen molar-refractivity contribution < 1.29 is 28.5 Å². The molecule has 7 nitrogen and oxygen atoms in total. The molecule has 1 heterocycles. The van der Waals surface area contributed by atoms with Gasteiger partial charge in [-0.25, -0.2) is 4.79 Å². The first-order valence-electron chi connectivity index (χ1n) is 13.5. The highest BCUT2D eigenvalue weighted by Crippen LogP contribution is 2.46. The zero-order valence-corrected chi connectivity index (χ0v) is 23.2. The lowest BCUT2D eigenvalue weighted by atomic mass is 9.80. The predicted molar refractivity (Wildman–Crippen MR) is 158 cm³/mol. The van der Waals surface area contributed by atoms with Crippen LogP contribution in [-0.4, -0.2) is 32.2 Å². The van der Waals surface area contributed by atoms with Crippen LogP contribution in [0, 0.1) is 0 Å². The molecule has 0 radical (unpaired) electrons. The van der Waals surface area contributed by atoms with Gasteiger partial charge >= 0.3 is 5.97 Å². The summed E-state index contributed by atoms with van der Waals surface area (Å²) in [7, 11) is 1.56. The molecule has 0 saturated carbocycles. The summed E-state index contributed by atoms with van der Waals surface area (Å²) in [6.07, 6.45) is 3.03. The first-order valence-corrected chi connectivity index (χ1v) is 13.5. The summed E-state index contributed by atoms with van der Waals surface area (Å²) in [6.45, 7) is 4.32. The Balaban J connectivity index is 1.56. The van der Waals surface area contributed by atoms with Gasteiger partial charge in [0.2, 0.25) is 5.88 Å². The number of esters is 1. The quantitative estimate of drug-likeness (QED) is 0.193. The normalized spacial score (nSPS) is 14.4. The van der Waals surface area contributed by atoms with Gasteiger partial charge in [0, 0.05) is 11.6 Å². The van der Waals surface area contributed by atoms with Crippen molar-refractivity contribution in [2.75, 3.05) is 20.3 Å². The molecule has 5 rings (SSSR count). The molecular weight excluding hydrogens is 518 g/mol. The molecule has 7 heteroatoms. The summed E-state index contributed by atoms with van der Waals surface area (Å²) in [5, 5.41) is 4.77.